The van der Waals surface area contributed by atoms with Crippen molar-refractivity contribution < 1.29 is 9.47 Å². The molecular weight excluding hydrogens is 298 g/mol. The lowest BCUT2D eigenvalue weighted by molar-refractivity contribution is -0.187. The summed E-state index contributed by atoms with van der Waals surface area (Å²) in [5.41, 5.74) is 0.814. The van der Waals surface area contributed by atoms with E-state index in [0.717, 1.165) is 42.7 Å². The molecule has 0 unspecified atom stereocenters. The molecule has 0 aromatic heterocycles. The van der Waals surface area contributed by atoms with Crippen LogP contribution < -0.4 is 0 Å². The molecule has 1 aliphatic heterocycles. The normalized spacial score (nSPS) is 21.7. The number of rotatable bonds is 2. The van der Waals surface area contributed by atoms with Gasteiger partial charge in [-0.05, 0) is 37.0 Å². The lowest BCUT2D eigenvalue weighted by Crippen LogP contribution is -2.40. The van der Waals surface area contributed by atoms with Crippen molar-refractivity contribution in [2.24, 2.45) is 5.41 Å². The largest absolute Gasteiger partial charge is 0.348 e. The summed E-state index contributed by atoms with van der Waals surface area (Å²) in [5.74, 6) is -0.408. The van der Waals surface area contributed by atoms with Crippen LogP contribution in [-0.4, -0.2) is 19.0 Å². The second-order valence-corrected chi connectivity index (χ2v) is 6.24. The summed E-state index contributed by atoms with van der Waals surface area (Å²) < 4.78 is 11.5. The summed E-state index contributed by atoms with van der Waals surface area (Å²) in [4.78, 5) is 0. The van der Waals surface area contributed by atoms with Gasteiger partial charge < -0.3 is 9.47 Å². The van der Waals surface area contributed by atoms with Gasteiger partial charge in [0.2, 0.25) is 0 Å². The standard InChI is InChI=1S/C16H18ClNO2.C2H6/c17-14-3-1-2-13(10-14)11-15(12-18)4-6-16(7-5-15)19-8-9-20-16;1-2/h1-3,10H,4-9,11H2;1-2H3. The van der Waals surface area contributed by atoms with Gasteiger partial charge in [-0.3, -0.25) is 0 Å². The summed E-state index contributed by atoms with van der Waals surface area (Å²) in [6, 6.07) is 10.3. The fourth-order valence-corrected chi connectivity index (χ4v) is 3.47. The predicted octanol–water partition coefficient (Wildman–Crippen LogP) is 4.74. The maximum Gasteiger partial charge on any atom is 0.168 e. The van der Waals surface area contributed by atoms with Crippen LogP contribution in [0.15, 0.2) is 24.3 Å². The van der Waals surface area contributed by atoms with Crippen molar-refractivity contribution in [1.82, 2.24) is 0 Å². The van der Waals surface area contributed by atoms with E-state index in [4.69, 9.17) is 21.1 Å². The zero-order valence-electron chi connectivity index (χ0n) is 13.4. The first-order chi connectivity index (χ1) is 10.7. The van der Waals surface area contributed by atoms with Crippen LogP contribution in [0.5, 0.6) is 0 Å². The number of halogens is 1. The average molecular weight is 322 g/mol. The van der Waals surface area contributed by atoms with Crippen molar-refractivity contribution >= 4 is 11.6 Å². The molecule has 2 aliphatic rings. The van der Waals surface area contributed by atoms with Crippen LogP contribution in [0.4, 0.5) is 0 Å². The second-order valence-electron chi connectivity index (χ2n) is 5.81. The van der Waals surface area contributed by atoms with Crippen molar-refractivity contribution in [3.05, 3.63) is 34.9 Å². The molecule has 0 radical (unpaired) electrons. The average Bonchev–Trinajstić information content (AvgIpc) is 3.01. The van der Waals surface area contributed by atoms with Gasteiger partial charge in [0.1, 0.15) is 0 Å². The lowest BCUT2D eigenvalue weighted by atomic mass is 9.69. The Bertz CT molecular complexity index is 522. The van der Waals surface area contributed by atoms with Crippen LogP contribution in [-0.2, 0) is 15.9 Å². The first-order valence-corrected chi connectivity index (χ1v) is 8.47. The summed E-state index contributed by atoms with van der Waals surface area (Å²) in [6.45, 7) is 5.35. The molecule has 0 bridgehead atoms. The molecule has 2 fully saturated rings. The van der Waals surface area contributed by atoms with E-state index in [1.807, 2.05) is 38.1 Å². The molecule has 4 heteroatoms. The van der Waals surface area contributed by atoms with Crippen LogP contribution in [0.25, 0.3) is 0 Å². The summed E-state index contributed by atoms with van der Waals surface area (Å²) in [5, 5.41) is 10.4. The Morgan fingerprint density at radius 1 is 1.14 bits per heavy atom. The van der Waals surface area contributed by atoms with Gasteiger partial charge in [-0.15, -0.1) is 0 Å². The quantitative estimate of drug-likeness (QED) is 0.790. The number of nitrogens with zero attached hydrogens (tertiary/aromatic N) is 1. The molecular formula is C18H24ClNO2. The fraction of sp³-hybridized carbons (Fsp3) is 0.611. The maximum atomic E-state index is 9.64. The summed E-state index contributed by atoms with van der Waals surface area (Å²) in [6.07, 6.45) is 3.99. The van der Waals surface area contributed by atoms with Crippen LogP contribution in [0.3, 0.4) is 0 Å². The van der Waals surface area contributed by atoms with Crippen molar-refractivity contribution in [1.29, 1.82) is 5.26 Å². The SMILES string of the molecule is CC.N#CC1(Cc2cccc(Cl)c2)CCC2(CC1)OCCO2. The third-order valence-corrected chi connectivity index (χ3v) is 4.69. The Balaban J connectivity index is 0.000000847. The highest BCUT2D eigenvalue weighted by atomic mass is 35.5. The summed E-state index contributed by atoms with van der Waals surface area (Å²) in [7, 11) is 0. The molecule has 0 amide bonds. The topological polar surface area (TPSA) is 42.2 Å². The number of hydrogen-bond donors (Lipinski definition) is 0. The minimum absolute atomic E-state index is 0.314. The van der Waals surface area contributed by atoms with E-state index in [1.54, 1.807) is 0 Å². The highest BCUT2D eigenvalue weighted by Gasteiger charge is 2.46. The monoisotopic (exact) mass is 321 g/mol. The molecule has 0 atom stereocenters. The minimum Gasteiger partial charge on any atom is -0.348 e. The molecule has 1 aliphatic carbocycles. The third-order valence-electron chi connectivity index (χ3n) is 4.45. The molecule has 3 rings (SSSR count). The van der Waals surface area contributed by atoms with E-state index >= 15 is 0 Å². The van der Waals surface area contributed by atoms with Crippen LogP contribution >= 0.6 is 11.6 Å². The summed E-state index contributed by atoms with van der Waals surface area (Å²) >= 11 is 6.03. The second kappa shape index (κ2) is 7.46. The van der Waals surface area contributed by atoms with Gasteiger partial charge in [-0.2, -0.15) is 5.26 Å². The molecule has 1 saturated carbocycles. The zero-order chi connectivity index (χ0) is 16.1. The molecule has 0 N–H and O–H groups in total. The molecule has 1 saturated heterocycles. The van der Waals surface area contributed by atoms with Crippen molar-refractivity contribution in [3.63, 3.8) is 0 Å². The van der Waals surface area contributed by atoms with E-state index in [-0.39, 0.29) is 5.41 Å². The van der Waals surface area contributed by atoms with Gasteiger partial charge in [0, 0.05) is 17.9 Å². The van der Waals surface area contributed by atoms with E-state index < -0.39 is 5.79 Å². The van der Waals surface area contributed by atoms with Crippen molar-refractivity contribution in [2.75, 3.05) is 13.2 Å². The smallest absolute Gasteiger partial charge is 0.168 e. The van der Waals surface area contributed by atoms with Crippen molar-refractivity contribution in [2.45, 2.75) is 51.7 Å². The Labute approximate surface area is 138 Å². The van der Waals surface area contributed by atoms with Crippen LogP contribution in [0.1, 0.15) is 45.1 Å². The maximum absolute atomic E-state index is 9.64. The number of nitriles is 1. The number of ether oxygens (including phenoxy) is 2. The van der Waals surface area contributed by atoms with Gasteiger partial charge in [-0.1, -0.05) is 37.6 Å². The minimum atomic E-state index is -0.408. The molecule has 1 spiro atoms. The molecule has 1 aromatic carbocycles. The van der Waals surface area contributed by atoms with E-state index in [0.29, 0.717) is 13.2 Å². The Morgan fingerprint density at radius 3 is 2.32 bits per heavy atom. The first kappa shape index (κ1) is 17.3. The molecule has 3 nitrogen and oxygen atoms in total. The molecule has 1 aromatic rings. The molecule has 1 heterocycles. The van der Waals surface area contributed by atoms with Gasteiger partial charge in [0.05, 0.1) is 24.7 Å². The van der Waals surface area contributed by atoms with Gasteiger partial charge in [-0.25, -0.2) is 0 Å². The van der Waals surface area contributed by atoms with E-state index in [9.17, 15) is 5.26 Å². The van der Waals surface area contributed by atoms with E-state index in [1.165, 1.54) is 0 Å². The highest BCUT2D eigenvalue weighted by molar-refractivity contribution is 6.30. The fourth-order valence-electron chi connectivity index (χ4n) is 3.26. The first-order valence-electron chi connectivity index (χ1n) is 8.09. The molecule has 120 valence electrons. The zero-order valence-corrected chi connectivity index (χ0v) is 14.2. The van der Waals surface area contributed by atoms with Gasteiger partial charge in [0.25, 0.3) is 0 Å². The Kier molecular flexibility index (Phi) is 5.86. The van der Waals surface area contributed by atoms with Crippen LogP contribution in [0.2, 0.25) is 5.02 Å². The highest BCUT2D eigenvalue weighted by Crippen LogP contribution is 2.46. The predicted molar refractivity (Wildman–Crippen MR) is 87.7 cm³/mol. The number of hydrogen-bond acceptors (Lipinski definition) is 3. The lowest BCUT2D eigenvalue weighted by Gasteiger charge is -2.39. The van der Waals surface area contributed by atoms with E-state index in [2.05, 4.69) is 6.07 Å². The Hall–Kier alpha value is -1.08. The number of benzene rings is 1. The molecule has 22 heavy (non-hydrogen) atoms. The Morgan fingerprint density at radius 2 is 1.77 bits per heavy atom. The third kappa shape index (κ3) is 3.81. The van der Waals surface area contributed by atoms with Crippen molar-refractivity contribution in [3.8, 4) is 6.07 Å². The van der Waals surface area contributed by atoms with Gasteiger partial charge >= 0.3 is 0 Å². The van der Waals surface area contributed by atoms with Crippen LogP contribution in [0, 0.1) is 16.7 Å². The van der Waals surface area contributed by atoms with Gasteiger partial charge in [0.15, 0.2) is 5.79 Å².